The summed E-state index contributed by atoms with van der Waals surface area (Å²) in [5.74, 6) is 1.37. The van der Waals surface area contributed by atoms with E-state index in [0.29, 0.717) is 24.4 Å². The third-order valence-electron chi connectivity index (χ3n) is 6.92. The first-order valence-electron chi connectivity index (χ1n) is 12.0. The van der Waals surface area contributed by atoms with Gasteiger partial charge in [0.15, 0.2) is 0 Å². The summed E-state index contributed by atoms with van der Waals surface area (Å²) in [6, 6.07) is 8.74. The second-order valence-electron chi connectivity index (χ2n) is 9.21. The van der Waals surface area contributed by atoms with Crippen LogP contribution in [0.1, 0.15) is 75.8 Å². The van der Waals surface area contributed by atoms with Gasteiger partial charge in [0.1, 0.15) is 0 Å². The molecule has 0 radical (unpaired) electrons. The molecule has 3 nitrogen and oxygen atoms in total. The van der Waals surface area contributed by atoms with Crippen LogP contribution in [-0.4, -0.2) is 24.9 Å². The van der Waals surface area contributed by atoms with E-state index in [9.17, 15) is 4.79 Å². The molecule has 3 atom stereocenters. The second kappa shape index (κ2) is 12.2. The van der Waals surface area contributed by atoms with Crippen LogP contribution in [0.3, 0.4) is 0 Å². The van der Waals surface area contributed by atoms with Crippen LogP contribution in [0, 0.1) is 25.7 Å². The van der Waals surface area contributed by atoms with Crippen LogP contribution in [0.4, 0.5) is 0 Å². The van der Waals surface area contributed by atoms with Crippen LogP contribution in [0.5, 0.6) is 0 Å². The highest BCUT2D eigenvalue weighted by atomic mass is 35.5. The summed E-state index contributed by atoms with van der Waals surface area (Å²) < 4.78 is 5.36. The first kappa shape index (κ1) is 25.3. The largest absolute Gasteiger partial charge is 0.380 e. The Morgan fingerprint density at radius 1 is 1.16 bits per heavy atom. The minimum atomic E-state index is 0.0466. The van der Waals surface area contributed by atoms with E-state index in [0.717, 1.165) is 30.1 Å². The molecule has 0 bridgehead atoms. The Bertz CT molecular complexity index is 871. The number of nitrogens with one attached hydrogen (secondary N) is 1. The predicted molar refractivity (Wildman–Crippen MR) is 136 cm³/mol. The third kappa shape index (κ3) is 6.59. The molecule has 0 spiro atoms. The lowest BCUT2D eigenvalue weighted by Gasteiger charge is -2.22. The van der Waals surface area contributed by atoms with Gasteiger partial charge in [-0.1, -0.05) is 12.1 Å². The Morgan fingerprint density at radius 2 is 1.91 bits per heavy atom. The average molecular weight is 476 g/mol. The molecule has 1 unspecified atom stereocenters. The normalized spacial score (nSPS) is 20.6. The van der Waals surface area contributed by atoms with Crippen molar-refractivity contribution in [2.24, 2.45) is 11.8 Å². The van der Waals surface area contributed by atoms with E-state index in [1.165, 1.54) is 52.8 Å². The summed E-state index contributed by atoms with van der Waals surface area (Å²) in [5, 5.41) is 3.19. The van der Waals surface area contributed by atoms with Gasteiger partial charge in [-0.15, -0.1) is 22.9 Å². The summed E-state index contributed by atoms with van der Waals surface area (Å²) in [5.41, 5.74) is 5.39. The average Bonchev–Trinajstić information content (AvgIpc) is 3.36. The number of alkyl halides is 1. The molecule has 1 heterocycles. The van der Waals surface area contributed by atoms with Crippen molar-refractivity contribution in [3.8, 4) is 0 Å². The zero-order valence-corrected chi connectivity index (χ0v) is 21.6. The highest BCUT2D eigenvalue weighted by Gasteiger charge is 2.34. The zero-order valence-electron chi connectivity index (χ0n) is 20.0. The molecule has 32 heavy (non-hydrogen) atoms. The number of carbonyl (C=O) groups is 1. The highest BCUT2D eigenvalue weighted by molar-refractivity contribution is 7.14. The SMILES string of the molecule is CCNC(=O)c1ccc(CCC[C@H]2CCC(Cl)[C@@H]2CCc2cc(C)c(COC)c(C)c2)s1. The molecule has 1 aliphatic carbocycles. The molecule has 5 heteroatoms. The highest BCUT2D eigenvalue weighted by Crippen LogP contribution is 2.41. The Labute approximate surface area is 202 Å². The number of ether oxygens (including phenoxy) is 1. The number of benzene rings is 1. The van der Waals surface area contributed by atoms with E-state index in [4.69, 9.17) is 16.3 Å². The van der Waals surface area contributed by atoms with Crippen LogP contribution in [0.15, 0.2) is 24.3 Å². The lowest BCUT2D eigenvalue weighted by Crippen LogP contribution is -2.21. The van der Waals surface area contributed by atoms with Gasteiger partial charge in [0, 0.05) is 23.9 Å². The maximum atomic E-state index is 12.0. The number of halogens is 1. The van der Waals surface area contributed by atoms with Gasteiger partial charge in [0.2, 0.25) is 0 Å². The second-order valence-corrected chi connectivity index (χ2v) is 10.9. The first-order chi connectivity index (χ1) is 15.4. The van der Waals surface area contributed by atoms with Gasteiger partial charge in [0.25, 0.3) is 5.91 Å². The fourth-order valence-corrected chi connectivity index (χ4v) is 6.65. The van der Waals surface area contributed by atoms with E-state index in [1.807, 2.05) is 13.0 Å². The van der Waals surface area contributed by atoms with Gasteiger partial charge in [-0.25, -0.2) is 0 Å². The zero-order chi connectivity index (χ0) is 23.1. The van der Waals surface area contributed by atoms with Crippen molar-refractivity contribution in [1.82, 2.24) is 5.32 Å². The molecule has 0 saturated heterocycles. The summed E-state index contributed by atoms with van der Waals surface area (Å²) in [6.45, 7) is 7.69. The minimum absolute atomic E-state index is 0.0466. The van der Waals surface area contributed by atoms with Gasteiger partial charge in [-0.05, 0) is 112 Å². The number of hydrogen-bond acceptors (Lipinski definition) is 3. The van der Waals surface area contributed by atoms with Gasteiger partial charge < -0.3 is 10.1 Å². The smallest absolute Gasteiger partial charge is 0.261 e. The van der Waals surface area contributed by atoms with Crippen molar-refractivity contribution in [2.75, 3.05) is 13.7 Å². The standard InChI is InChI=1S/C27H38ClNO2S/c1-5-29-27(30)26-14-11-22(32-26)8-6-7-21-10-13-25(28)23(21)12-9-20-15-18(2)24(17-31-4)19(3)16-20/h11,14-16,21,23,25H,5-10,12-13,17H2,1-4H3,(H,29,30)/t21-,23+,25?/m0/s1. The molecule has 1 fully saturated rings. The van der Waals surface area contributed by atoms with Crippen LogP contribution >= 0.6 is 22.9 Å². The van der Waals surface area contributed by atoms with Crippen molar-refractivity contribution < 1.29 is 9.53 Å². The summed E-state index contributed by atoms with van der Waals surface area (Å²) in [6.07, 6.45) is 8.11. The Hall–Kier alpha value is -1.36. The molecule has 2 aromatic rings. The number of methoxy groups -OCH3 is 1. The molecule has 176 valence electrons. The van der Waals surface area contributed by atoms with Crippen LogP contribution in [-0.2, 0) is 24.2 Å². The van der Waals surface area contributed by atoms with Gasteiger partial charge >= 0.3 is 0 Å². The fourth-order valence-electron chi connectivity index (χ4n) is 5.22. The van der Waals surface area contributed by atoms with E-state index < -0.39 is 0 Å². The van der Waals surface area contributed by atoms with Crippen molar-refractivity contribution in [3.05, 3.63) is 56.3 Å². The molecular weight excluding hydrogens is 438 g/mol. The van der Waals surface area contributed by atoms with Crippen LogP contribution in [0.2, 0.25) is 0 Å². The lowest BCUT2D eigenvalue weighted by atomic mass is 9.86. The summed E-state index contributed by atoms with van der Waals surface area (Å²) in [7, 11) is 1.76. The molecule has 1 amide bonds. The molecule has 1 N–H and O–H groups in total. The minimum Gasteiger partial charge on any atom is -0.380 e. The number of amides is 1. The molecule has 3 rings (SSSR count). The fraction of sp³-hybridized carbons (Fsp3) is 0.593. The Balaban J connectivity index is 1.51. The van der Waals surface area contributed by atoms with Crippen molar-refractivity contribution in [2.45, 2.75) is 77.7 Å². The molecule has 1 aromatic carbocycles. The van der Waals surface area contributed by atoms with E-state index in [2.05, 4.69) is 37.4 Å². The molecule has 1 aliphatic rings. The Morgan fingerprint density at radius 3 is 2.59 bits per heavy atom. The molecule has 1 saturated carbocycles. The van der Waals surface area contributed by atoms with Crippen LogP contribution in [0.25, 0.3) is 0 Å². The monoisotopic (exact) mass is 475 g/mol. The maximum absolute atomic E-state index is 12.0. The van der Waals surface area contributed by atoms with Gasteiger partial charge in [-0.2, -0.15) is 0 Å². The molecule has 0 aliphatic heterocycles. The quantitative estimate of drug-likeness (QED) is 0.361. The predicted octanol–water partition coefficient (Wildman–Crippen LogP) is 6.85. The van der Waals surface area contributed by atoms with Crippen molar-refractivity contribution >= 4 is 28.8 Å². The number of hydrogen-bond donors (Lipinski definition) is 1. The summed E-state index contributed by atoms with van der Waals surface area (Å²) in [4.78, 5) is 14.1. The van der Waals surface area contributed by atoms with Gasteiger partial charge in [0.05, 0.1) is 11.5 Å². The van der Waals surface area contributed by atoms with Crippen LogP contribution < -0.4 is 5.32 Å². The summed E-state index contributed by atoms with van der Waals surface area (Å²) >= 11 is 8.41. The number of carbonyl (C=O) groups excluding carboxylic acids is 1. The van der Waals surface area contributed by atoms with E-state index in [1.54, 1.807) is 18.4 Å². The third-order valence-corrected chi connectivity index (χ3v) is 8.60. The Kier molecular flexibility index (Phi) is 9.63. The molecule has 1 aromatic heterocycles. The lowest BCUT2D eigenvalue weighted by molar-refractivity contribution is 0.0960. The topological polar surface area (TPSA) is 38.3 Å². The van der Waals surface area contributed by atoms with Gasteiger partial charge in [-0.3, -0.25) is 4.79 Å². The number of thiophene rings is 1. The molecular formula is C27H38ClNO2S. The van der Waals surface area contributed by atoms with E-state index in [-0.39, 0.29) is 5.91 Å². The van der Waals surface area contributed by atoms with E-state index >= 15 is 0 Å². The van der Waals surface area contributed by atoms with Crippen molar-refractivity contribution in [3.63, 3.8) is 0 Å². The number of aryl methyl sites for hydroxylation is 4. The van der Waals surface area contributed by atoms with Crippen molar-refractivity contribution in [1.29, 1.82) is 0 Å². The maximum Gasteiger partial charge on any atom is 0.261 e. The first-order valence-corrected chi connectivity index (χ1v) is 13.3. The number of rotatable bonds is 11.